The van der Waals surface area contributed by atoms with Gasteiger partial charge in [-0.15, -0.1) is 0 Å². The fourth-order valence-electron chi connectivity index (χ4n) is 3.09. The lowest BCUT2D eigenvalue weighted by atomic mass is 10.1. The van der Waals surface area contributed by atoms with E-state index in [0.717, 1.165) is 22.7 Å². The molecule has 4 aromatic heterocycles. The molecule has 0 aliphatic heterocycles. The van der Waals surface area contributed by atoms with Gasteiger partial charge in [0.1, 0.15) is 5.69 Å². The van der Waals surface area contributed by atoms with Crippen molar-refractivity contribution in [3.8, 4) is 16.9 Å². The van der Waals surface area contributed by atoms with Crippen LogP contribution in [0.4, 0.5) is 0 Å². The first kappa shape index (κ1) is 13.7. The fraction of sp³-hybridized carbons (Fsp3) is 0.167. The van der Waals surface area contributed by atoms with Crippen LogP contribution < -0.4 is 4.57 Å². The maximum absolute atomic E-state index is 4.55. The minimum absolute atomic E-state index is 0.923. The zero-order valence-electron chi connectivity index (χ0n) is 13.4. The second kappa shape index (κ2) is 5.05. The van der Waals surface area contributed by atoms with E-state index in [2.05, 4.69) is 68.8 Å². The lowest BCUT2D eigenvalue weighted by Gasteiger charge is -2.09. The summed E-state index contributed by atoms with van der Waals surface area (Å²) >= 11 is 0. The molecule has 0 radical (unpaired) electrons. The highest BCUT2D eigenvalue weighted by Crippen LogP contribution is 2.27. The monoisotopic (exact) mass is 304 g/mol. The van der Waals surface area contributed by atoms with Crippen LogP contribution in [0.3, 0.4) is 0 Å². The van der Waals surface area contributed by atoms with Gasteiger partial charge in [-0.25, -0.2) is 4.57 Å². The number of rotatable bonds is 2. The Hall–Kier alpha value is -2.95. The molecule has 0 aliphatic rings. The summed E-state index contributed by atoms with van der Waals surface area (Å²) in [5, 5.41) is 0. The third-order valence-electron chi connectivity index (χ3n) is 4.37. The minimum Gasteiger partial charge on any atom is -0.266 e. The van der Waals surface area contributed by atoms with Crippen LogP contribution in [0.15, 0.2) is 55.2 Å². The van der Waals surface area contributed by atoms with Gasteiger partial charge in [0.05, 0.1) is 24.5 Å². The van der Waals surface area contributed by atoms with Crippen molar-refractivity contribution in [3.63, 3.8) is 0 Å². The van der Waals surface area contributed by atoms with Crippen LogP contribution in [0.1, 0.15) is 11.4 Å². The van der Waals surface area contributed by atoms with Gasteiger partial charge in [-0.05, 0) is 32.0 Å². The van der Waals surface area contributed by atoms with Crippen LogP contribution in [0, 0.1) is 13.8 Å². The highest BCUT2D eigenvalue weighted by atomic mass is 15.3. The Bertz CT molecular complexity index is 995. The molecule has 4 aromatic rings. The molecule has 5 nitrogen and oxygen atoms in total. The van der Waals surface area contributed by atoms with E-state index in [4.69, 9.17) is 0 Å². The summed E-state index contributed by atoms with van der Waals surface area (Å²) in [6.07, 6.45) is 9.59. The maximum Gasteiger partial charge on any atom is 0.311 e. The minimum atomic E-state index is 0.923. The molecule has 0 saturated carbocycles. The Kier molecular flexibility index (Phi) is 3.01. The molecule has 0 aliphatic carbocycles. The van der Waals surface area contributed by atoms with Crippen LogP contribution in [0.25, 0.3) is 22.7 Å². The Morgan fingerprint density at radius 3 is 2.70 bits per heavy atom. The van der Waals surface area contributed by atoms with Crippen molar-refractivity contribution in [2.45, 2.75) is 13.8 Å². The van der Waals surface area contributed by atoms with Crippen LogP contribution in [-0.2, 0) is 7.05 Å². The molecular weight excluding hydrogens is 286 g/mol. The summed E-state index contributed by atoms with van der Waals surface area (Å²) in [6.45, 7) is 4.25. The number of imidazole rings is 2. The number of nitrogens with zero attached hydrogens (tertiary/aromatic N) is 5. The number of fused-ring (bicyclic) bond motifs is 1. The Morgan fingerprint density at radius 1 is 1.04 bits per heavy atom. The van der Waals surface area contributed by atoms with Crippen molar-refractivity contribution in [1.29, 1.82) is 0 Å². The third kappa shape index (κ3) is 1.97. The molecule has 0 aromatic carbocycles. The van der Waals surface area contributed by atoms with Gasteiger partial charge in [0.2, 0.25) is 0 Å². The van der Waals surface area contributed by atoms with E-state index in [1.807, 2.05) is 24.7 Å². The first-order valence-electron chi connectivity index (χ1n) is 7.59. The van der Waals surface area contributed by atoms with Gasteiger partial charge in [0.25, 0.3) is 5.82 Å². The van der Waals surface area contributed by atoms with E-state index in [1.54, 1.807) is 6.20 Å². The van der Waals surface area contributed by atoms with E-state index < -0.39 is 0 Å². The molecule has 114 valence electrons. The molecule has 0 fully saturated rings. The molecular formula is C18H18N5+. The van der Waals surface area contributed by atoms with E-state index >= 15 is 0 Å². The van der Waals surface area contributed by atoms with Crippen molar-refractivity contribution in [2.75, 3.05) is 0 Å². The Balaban J connectivity index is 2.10. The van der Waals surface area contributed by atoms with Gasteiger partial charge in [-0.1, -0.05) is 6.07 Å². The predicted octanol–water partition coefficient (Wildman–Crippen LogP) is 2.63. The summed E-state index contributed by atoms with van der Waals surface area (Å²) < 4.78 is 6.45. The number of aromatic nitrogens is 5. The zero-order chi connectivity index (χ0) is 16.0. The first-order chi connectivity index (χ1) is 11.2. The van der Waals surface area contributed by atoms with Crippen molar-refractivity contribution in [1.82, 2.24) is 18.9 Å². The topological polar surface area (TPSA) is 39.0 Å². The number of hydrogen-bond donors (Lipinski definition) is 0. The SMILES string of the molecule is Cc1c(C)n2ccnc2n1-c1c(-c2cccnc2)ccc[n+]1C. The molecule has 0 N–H and O–H groups in total. The van der Waals surface area contributed by atoms with Crippen molar-refractivity contribution >= 4 is 5.78 Å². The highest BCUT2D eigenvalue weighted by molar-refractivity contribution is 5.70. The van der Waals surface area contributed by atoms with Crippen LogP contribution in [-0.4, -0.2) is 18.9 Å². The van der Waals surface area contributed by atoms with Gasteiger partial charge in [0, 0.05) is 30.4 Å². The highest BCUT2D eigenvalue weighted by Gasteiger charge is 2.25. The summed E-state index contributed by atoms with van der Waals surface area (Å²) in [5.74, 6) is 2.01. The van der Waals surface area contributed by atoms with Gasteiger partial charge < -0.3 is 0 Å². The van der Waals surface area contributed by atoms with Crippen molar-refractivity contribution < 1.29 is 4.57 Å². The molecule has 4 rings (SSSR count). The van der Waals surface area contributed by atoms with Gasteiger partial charge in [-0.3, -0.25) is 9.38 Å². The summed E-state index contributed by atoms with van der Waals surface area (Å²) in [7, 11) is 2.06. The molecule has 0 spiro atoms. The van der Waals surface area contributed by atoms with Crippen molar-refractivity contribution in [2.24, 2.45) is 7.05 Å². The molecule has 23 heavy (non-hydrogen) atoms. The molecule has 4 heterocycles. The smallest absolute Gasteiger partial charge is 0.266 e. The normalized spacial score (nSPS) is 11.3. The lowest BCUT2D eigenvalue weighted by Crippen LogP contribution is -2.34. The molecule has 0 unspecified atom stereocenters. The molecule has 0 amide bonds. The summed E-state index contributed by atoms with van der Waals surface area (Å²) in [6, 6.07) is 8.23. The molecule has 0 atom stereocenters. The summed E-state index contributed by atoms with van der Waals surface area (Å²) in [4.78, 5) is 8.82. The standard InChI is InChI=1S/C18H18N5/c1-13-14(2)23(18-20-9-11-22(13)18)17-16(7-5-10-21(17)3)15-6-4-8-19-12-15/h4-12H,1-3H3/q+1. The van der Waals surface area contributed by atoms with Gasteiger partial charge >= 0.3 is 5.78 Å². The van der Waals surface area contributed by atoms with Crippen LogP contribution >= 0.6 is 0 Å². The number of aryl methyl sites for hydroxylation is 2. The fourth-order valence-corrected chi connectivity index (χ4v) is 3.09. The van der Waals surface area contributed by atoms with E-state index in [1.165, 1.54) is 11.4 Å². The Morgan fingerprint density at radius 2 is 1.91 bits per heavy atom. The van der Waals surface area contributed by atoms with Crippen LogP contribution in [0.2, 0.25) is 0 Å². The molecule has 5 heteroatoms. The second-order valence-electron chi connectivity index (χ2n) is 5.70. The van der Waals surface area contributed by atoms with Crippen molar-refractivity contribution in [3.05, 3.63) is 66.6 Å². The summed E-state index contributed by atoms with van der Waals surface area (Å²) in [5.41, 5.74) is 4.60. The second-order valence-corrected chi connectivity index (χ2v) is 5.70. The molecule has 0 saturated heterocycles. The average molecular weight is 304 g/mol. The van der Waals surface area contributed by atoms with E-state index in [0.29, 0.717) is 0 Å². The van der Waals surface area contributed by atoms with Gasteiger partial charge in [-0.2, -0.15) is 9.55 Å². The molecule has 0 bridgehead atoms. The van der Waals surface area contributed by atoms with E-state index in [-0.39, 0.29) is 0 Å². The predicted molar refractivity (Wildman–Crippen MR) is 88.4 cm³/mol. The van der Waals surface area contributed by atoms with Gasteiger partial charge in [0.15, 0.2) is 0 Å². The first-order valence-corrected chi connectivity index (χ1v) is 7.59. The Labute approximate surface area is 134 Å². The largest absolute Gasteiger partial charge is 0.311 e. The number of pyridine rings is 2. The van der Waals surface area contributed by atoms with E-state index in [9.17, 15) is 0 Å². The average Bonchev–Trinajstić information content (AvgIpc) is 3.13. The zero-order valence-corrected chi connectivity index (χ0v) is 13.4. The number of hydrogen-bond acceptors (Lipinski definition) is 2. The maximum atomic E-state index is 4.55. The lowest BCUT2D eigenvalue weighted by molar-refractivity contribution is -0.665. The quantitative estimate of drug-likeness (QED) is 0.534. The third-order valence-corrected chi connectivity index (χ3v) is 4.37. The van der Waals surface area contributed by atoms with Crippen LogP contribution in [0.5, 0.6) is 0 Å².